The van der Waals surface area contributed by atoms with Gasteiger partial charge in [-0.25, -0.2) is 9.78 Å². The summed E-state index contributed by atoms with van der Waals surface area (Å²) in [6.45, 7) is 4.96. The quantitative estimate of drug-likeness (QED) is 0.461. The highest BCUT2D eigenvalue weighted by Gasteiger charge is 2.32. The molecule has 2 aromatic heterocycles. The Morgan fingerprint density at radius 3 is 2.69 bits per heavy atom. The van der Waals surface area contributed by atoms with Gasteiger partial charge in [0.2, 0.25) is 0 Å². The van der Waals surface area contributed by atoms with Crippen LogP contribution in [0.2, 0.25) is 0 Å². The maximum Gasteiger partial charge on any atom is 0.340 e. The summed E-state index contributed by atoms with van der Waals surface area (Å²) in [5.41, 5.74) is 8.20. The summed E-state index contributed by atoms with van der Waals surface area (Å²) in [6.07, 6.45) is 2.51. The first-order chi connectivity index (χ1) is 15.6. The van der Waals surface area contributed by atoms with E-state index in [1.807, 2.05) is 37.3 Å². The second-order valence-electron chi connectivity index (χ2n) is 7.80. The second kappa shape index (κ2) is 7.75. The lowest BCUT2D eigenvalue weighted by molar-refractivity contribution is 0.0528. The number of benzene rings is 2. The summed E-state index contributed by atoms with van der Waals surface area (Å²) < 4.78 is 18.8. The lowest BCUT2D eigenvalue weighted by Gasteiger charge is -2.23. The highest BCUT2D eigenvalue weighted by Crippen LogP contribution is 2.45. The summed E-state index contributed by atoms with van der Waals surface area (Å²) in [5.74, 6) is 0.992. The van der Waals surface area contributed by atoms with Crippen LogP contribution in [0.25, 0.3) is 33.4 Å². The smallest absolute Gasteiger partial charge is 0.340 e. The van der Waals surface area contributed by atoms with Gasteiger partial charge in [0.15, 0.2) is 11.5 Å². The number of methoxy groups -OCH3 is 2. The number of nitrogens with zero attached hydrogens (tertiary/aromatic N) is 2. The summed E-state index contributed by atoms with van der Waals surface area (Å²) >= 11 is 0. The summed E-state index contributed by atoms with van der Waals surface area (Å²) in [4.78, 5) is 20.8. The average Bonchev–Trinajstić information content (AvgIpc) is 3.40. The molecule has 3 heterocycles. The van der Waals surface area contributed by atoms with E-state index in [0.29, 0.717) is 23.7 Å². The zero-order valence-corrected chi connectivity index (χ0v) is 18.6. The van der Waals surface area contributed by atoms with Crippen LogP contribution in [0.1, 0.15) is 28.5 Å². The van der Waals surface area contributed by atoms with E-state index in [4.69, 9.17) is 14.2 Å². The van der Waals surface area contributed by atoms with Crippen LogP contribution in [0.5, 0.6) is 11.5 Å². The number of hydrogen-bond donors (Lipinski definition) is 1. The van der Waals surface area contributed by atoms with Crippen molar-refractivity contribution in [3.63, 3.8) is 0 Å². The molecule has 7 nitrogen and oxygen atoms in total. The molecule has 32 heavy (non-hydrogen) atoms. The molecule has 2 aromatic carbocycles. The van der Waals surface area contributed by atoms with Crippen molar-refractivity contribution in [3.8, 4) is 33.9 Å². The van der Waals surface area contributed by atoms with E-state index in [1.165, 1.54) is 0 Å². The lowest BCUT2D eigenvalue weighted by Crippen LogP contribution is -2.15. The number of hydrogen-bond acceptors (Lipinski definition) is 5. The zero-order valence-electron chi connectivity index (χ0n) is 18.6. The van der Waals surface area contributed by atoms with Crippen molar-refractivity contribution >= 4 is 17.0 Å². The van der Waals surface area contributed by atoms with E-state index in [0.717, 1.165) is 57.6 Å². The largest absolute Gasteiger partial charge is 0.493 e. The number of esters is 1. The molecule has 0 amide bonds. The third kappa shape index (κ3) is 2.96. The first kappa shape index (κ1) is 20.2. The first-order valence-corrected chi connectivity index (χ1v) is 10.7. The molecule has 0 saturated heterocycles. The molecule has 0 radical (unpaired) electrons. The number of nitrogens with one attached hydrogen (secondary N) is 1. The molecule has 1 aliphatic rings. The molecule has 1 N–H and O–H groups in total. The van der Waals surface area contributed by atoms with Crippen molar-refractivity contribution in [2.45, 2.75) is 26.8 Å². The van der Waals surface area contributed by atoms with Gasteiger partial charge in [-0.2, -0.15) is 0 Å². The van der Waals surface area contributed by atoms with Crippen LogP contribution in [-0.4, -0.2) is 41.3 Å². The molecule has 0 spiro atoms. The number of rotatable bonds is 5. The molecule has 0 bridgehead atoms. The summed E-state index contributed by atoms with van der Waals surface area (Å²) in [5, 5.41) is 0. The van der Waals surface area contributed by atoms with Gasteiger partial charge >= 0.3 is 5.97 Å². The van der Waals surface area contributed by atoms with Gasteiger partial charge < -0.3 is 23.8 Å². The molecule has 0 fully saturated rings. The molecule has 0 aliphatic carbocycles. The van der Waals surface area contributed by atoms with Crippen molar-refractivity contribution in [2.24, 2.45) is 0 Å². The van der Waals surface area contributed by atoms with E-state index in [9.17, 15) is 4.79 Å². The number of aromatic nitrogens is 3. The van der Waals surface area contributed by atoms with Crippen LogP contribution in [0.4, 0.5) is 0 Å². The normalized spacial score (nSPS) is 12.4. The number of carbonyl (C=O) groups excluding carboxylic acids is 1. The maximum atomic E-state index is 13.3. The first-order valence-electron chi connectivity index (χ1n) is 10.7. The number of aromatic amines is 1. The minimum Gasteiger partial charge on any atom is -0.493 e. The van der Waals surface area contributed by atoms with Crippen LogP contribution in [-0.2, 0) is 17.7 Å². The van der Waals surface area contributed by atoms with Crippen LogP contribution >= 0.6 is 0 Å². The fourth-order valence-electron chi connectivity index (χ4n) is 4.72. The van der Waals surface area contributed by atoms with Crippen LogP contribution in [0, 0.1) is 6.92 Å². The monoisotopic (exact) mass is 431 g/mol. The van der Waals surface area contributed by atoms with Gasteiger partial charge in [0.25, 0.3) is 0 Å². The Morgan fingerprint density at radius 1 is 1.16 bits per heavy atom. The van der Waals surface area contributed by atoms with Gasteiger partial charge in [0.05, 0.1) is 49.4 Å². The average molecular weight is 431 g/mol. The zero-order chi connectivity index (χ0) is 22.4. The molecule has 0 atom stereocenters. The minimum absolute atomic E-state index is 0.306. The van der Waals surface area contributed by atoms with Crippen molar-refractivity contribution in [3.05, 3.63) is 53.5 Å². The number of fused-ring (bicyclic) bond motifs is 4. The number of ether oxygens (including phenoxy) is 3. The third-order valence-electron chi connectivity index (χ3n) is 6.18. The molecular weight excluding hydrogens is 406 g/mol. The fourth-order valence-corrected chi connectivity index (χ4v) is 4.72. The highest BCUT2D eigenvalue weighted by atomic mass is 16.5. The van der Waals surface area contributed by atoms with Crippen LogP contribution in [0.3, 0.4) is 0 Å². The van der Waals surface area contributed by atoms with Gasteiger partial charge in [0.1, 0.15) is 0 Å². The van der Waals surface area contributed by atoms with E-state index in [1.54, 1.807) is 20.5 Å². The van der Waals surface area contributed by atoms with Crippen LogP contribution < -0.4 is 9.47 Å². The lowest BCUT2D eigenvalue weighted by atomic mass is 9.93. The molecule has 164 valence electrons. The number of H-pyrrole nitrogens is 1. The van der Waals surface area contributed by atoms with Gasteiger partial charge in [-0.05, 0) is 55.7 Å². The number of imidazole rings is 1. The van der Waals surface area contributed by atoms with E-state index in [2.05, 4.69) is 21.5 Å². The third-order valence-corrected chi connectivity index (χ3v) is 6.18. The Kier molecular flexibility index (Phi) is 4.89. The number of aryl methyl sites for hydroxylation is 1. The molecule has 4 aromatic rings. The Bertz CT molecular complexity index is 1350. The van der Waals surface area contributed by atoms with Crippen molar-refractivity contribution in [1.82, 2.24) is 14.5 Å². The maximum absolute atomic E-state index is 13.3. The molecular formula is C25H25N3O4. The second-order valence-corrected chi connectivity index (χ2v) is 7.80. The van der Waals surface area contributed by atoms with Gasteiger partial charge in [-0.15, -0.1) is 0 Å². The molecule has 1 aliphatic heterocycles. The summed E-state index contributed by atoms with van der Waals surface area (Å²) in [7, 11) is 3.25. The SMILES string of the molecule is CCOC(=O)c1c(-c2ccc3nc[nH]c3c2)c(C)n2c1-c1cc(OC)c(OC)cc1CC2. The van der Waals surface area contributed by atoms with Crippen LogP contribution in [0.15, 0.2) is 36.7 Å². The molecule has 7 heteroatoms. The highest BCUT2D eigenvalue weighted by molar-refractivity contribution is 6.06. The van der Waals surface area contributed by atoms with E-state index >= 15 is 0 Å². The topological polar surface area (TPSA) is 78.4 Å². The summed E-state index contributed by atoms with van der Waals surface area (Å²) in [6, 6.07) is 9.98. The minimum atomic E-state index is -0.327. The van der Waals surface area contributed by atoms with E-state index in [-0.39, 0.29) is 5.97 Å². The Labute approximate surface area is 185 Å². The van der Waals surface area contributed by atoms with Gasteiger partial charge in [0, 0.05) is 23.4 Å². The Morgan fingerprint density at radius 2 is 1.94 bits per heavy atom. The fraction of sp³-hybridized carbons (Fsp3) is 0.280. The molecule has 0 saturated carbocycles. The van der Waals surface area contributed by atoms with Gasteiger partial charge in [-0.1, -0.05) is 6.07 Å². The van der Waals surface area contributed by atoms with Crippen molar-refractivity contribution in [1.29, 1.82) is 0 Å². The Hall–Kier alpha value is -3.74. The van der Waals surface area contributed by atoms with Crippen molar-refractivity contribution < 1.29 is 19.0 Å². The molecule has 0 unspecified atom stereocenters. The number of carbonyl (C=O) groups is 1. The predicted molar refractivity (Wildman–Crippen MR) is 122 cm³/mol. The van der Waals surface area contributed by atoms with E-state index < -0.39 is 0 Å². The van der Waals surface area contributed by atoms with Crippen molar-refractivity contribution in [2.75, 3.05) is 20.8 Å². The van der Waals surface area contributed by atoms with Gasteiger partial charge in [-0.3, -0.25) is 0 Å². The predicted octanol–water partition coefficient (Wildman–Crippen LogP) is 4.76. The molecule has 5 rings (SSSR count). The Balaban J connectivity index is 1.81. The standard InChI is InChI=1S/C25H25N3O4/c1-5-32-25(29)23-22(16-6-7-18-19(10-16)27-13-26-18)14(2)28-9-8-15-11-20(30-3)21(31-4)12-17(15)24(23)28/h6-7,10-13H,5,8-9H2,1-4H3,(H,26,27).